The van der Waals surface area contributed by atoms with Gasteiger partial charge in [-0.2, -0.15) is 13.2 Å². The molecule has 1 rings (SSSR count). The minimum Gasteiger partial charge on any atom is -0.480 e. The molecular weight excluding hydrogens is 301 g/mol. The second-order valence-corrected chi connectivity index (χ2v) is 4.98. The van der Waals surface area contributed by atoms with E-state index < -0.39 is 23.6 Å². The summed E-state index contributed by atoms with van der Waals surface area (Å²) in [5, 5.41) is 10.9. The summed E-state index contributed by atoms with van der Waals surface area (Å²) in [6, 6.07) is 4.39. The van der Waals surface area contributed by atoms with Crippen LogP contribution >= 0.6 is 0 Å². The lowest BCUT2D eigenvalue weighted by Gasteiger charge is -2.24. The lowest BCUT2D eigenvalue weighted by atomic mass is 10.1. The van der Waals surface area contributed by atoms with E-state index in [2.05, 4.69) is 5.32 Å². The van der Waals surface area contributed by atoms with Gasteiger partial charge in [0.25, 0.3) is 0 Å². The molecule has 8 heteroatoms. The normalized spacial score (nSPS) is 11.8. The van der Waals surface area contributed by atoms with Crippen molar-refractivity contribution in [3.8, 4) is 0 Å². The molecule has 22 heavy (non-hydrogen) atoms. The predicted octanol–water partition coefficient (Wildman–Crippen LogP) is 2.44. The maximum absolute atomic E-state index is 12.8. The van der Waals surface area contributed by atoms with Gasteiger partial charge in [-0.3, -0.25) is 14.5 Å². The van der Waals surface area contributed by atoms with Crippen LogP contribution in [0.5, 0.6) is 0 Å². The van der Waals surface area contributed by atoms with Crippen molar-refractivity contribution in [2.24, 2.45) is 0 Å². The van der Waals surface area contributed by atoms with Crippen LogP contribution < -0.4 is 5.32 Å². The molecule has 0 radical (unpaired) electrons. The van der Waals surface area contributed by atoms with Gasteiger partial charge in [0, 0.05) is 6.04 Å². The molecule has 1 amide bonds. The monoisotopic (exact) mass is 318 g/mol. The molecule has 0 unspecified atom stereocenters. The molecule has 2 N–H and O–H groups in total. The quantitative estimate of drug-likeness (QED) is 0.845. The number of carboxylic acids is 1. The number of carbonyl (C=O) groups excluding carboxylic acids is 1. The van der Waals surface area contributed by atoms with E-state index in [1.54, 1.807) is 13.8 Å². The van der Waals surface area contributed by atoms with Gasteiger partial charge in [-0.1, -0.05) is 12.1 Å². The topological polar surface area (TPSA) is 69.6 Å². The highest BCUT2D eigenvalue weighted by Gasteiger charge is 2.33. The van der Waals surface area contributed by atoms with Crippen molar-refractivity contribution in [3.05, 3.63) is 29.8 Å². The molecule has 122 valence electrons. The molecule has 0 atom stereocenters. The van der Waals surface area contributed by atoms with Gasteiger partial charge in [-0.15, -0.1) is 0 Å². The molecule has 0 aliphatic heterocycles. The SMILES string of the molecule is CC(C)N(CC(=O)O)CC(=O)Nc1ccccc1C(F)(F)F. The first-order valence-corrected chi connectivity index (χ1v) is 6.53. The van der Waals surface area contributed by atoms with E-state index in [9.17, 15) is 22.8 Å². The van der Waals surface area contributed by atoms with Crippen molar-refractivity contribution in [2.75, 3.05) is 18.4 Å². The largest absolute Gasteiger partial charge is 0.480 e. The number of halogens is 3. The first kappa shape index (κ1) is 18.0. The van der Waals surface area contributed by atoms with Crippen molar-refractivity contribution in [1.29, 1.82) is 0 Å². The molecular formula is C14H17F3N2O3. The predicted molar refractivity (Wildman–Crippen MR) is 74.4 cm³/mol. The van der Waals surface area contributed by atoms with E-state index in [-0.39, 0.29) is 24.8 Å². The Labute approximate surface area is 125 Å². The number of nitrogens with one attached hydrogen (secondary N) is 1. The number of hydrogen-bond acceptors (Lipinski definition) is 3. The first-order chi connectivity index (χ1) is 10.1. The van der Waals surface area contributed by atoms with Crippen LogP contribution in [0.4, 0.5) is 18.9 Å². The summed E-state index contributed by atoms with van der Waals surface area (Å²) in [7, 11) is 0. The van der Waals surface area contributed by atoms with Gasteiger partial charge in [0.2, 0.25) is 5.91 Å². The van der Waals surface area contributed by atoms with E-state index in [4.69, 9.17) is 5.11 Å². The Bertz CT molecular complexity index is 544. The maximum Gasteiger partial charge on any atom is 0.418 e. The number of alkyl halides is 3. The van der Waals surface area contributed by atoms with Crippen molar-refractivity contribution in [3.63, 3.8) is 0 Å². The fraction of sp³-hybridized carbons (Fsp3) is 0.429. The van der Waals surface area contributed by atoms with Crippen LogP contribution in [0.25, 0.3) is 0 Å². The highest BCUT2D eigenvalue weighted by Crippen LogP contribution is 2.34. The maximum atomic E-state index is 12.8. The van der Waals surface area contributed by atoms with Crippen molar-refractivity contribution in [1.82, 2.24) is 4.90 Å². The Kier molecular flexibility index (Phi) is 5.92. The van der Waals surface area contributed by atoms with Crippen molar-refractivity contribution < 1.29 is 27.9 Å². The molecule has 0 heterocycles. The van der Waals surface area contributed by atoms with Gasteiger partial charge >= 0.3 is 12.1 Å². The summed E-state index contributed by atoms with van der Waals surface area (Å²) in [6.07, 6.45) is -4.58. The van der Waals surface area contributed by atoms with Crippen LogP contribution in [0, 0.1) is 0 Å². The van der Waals surface area contributed by atoms with Gasteiger partial charge in [0.1, 0.15) is 0 Å². The summed E-state index contributed by atoms with van der Waals surface area (Å²) in [4.78, 5) is 23.9. The third-order valence-corrected chi connectivity index (χ3v) is 2.92. The molecule has 1 aromatic rings. The first-order valence-electron chi connectivity index (χ1n) is 6.53. The number of amides is 1. The Morgan fingerprint density at radius 2 is 1.82 bits per heavy atom. The number of aliphatic carboxylic acids is 1. The molecule has 0 aliphatic rings. The van der Waals surface area contributed by atoms with Crippen LogP contribution in [-0.2, 0) is 15.8 Å². The summed E-state index contributed by atoms with van der Waals surface area (Å²) in [6.45, 7) is 2.71. The Morgan fingerprint density at radius 1 is 1.23 bits per heavy atom. The molecule has 0 saturated heterocycles. The lowest BCUT2D eigenvalue weighted by molar-refractivity contribution is -0.139. The van der Waals surface area contributed by atoms with E-state index in [1.165, 1.54) is 17.0 Å². The van der Waals surface area contributed by atoms with E-state index in [0.717, 1.165) is 12.1 Å². The number of hydrogen-bond donors (Lipinski definition) is 2. The van der Waals surface area contributed by atoms with Crippen LogP contribution in [0.3, 0.4) is 0 Å². The standard InChI is InChI=1S/C14H17F3N2O3/c1-9(2)19(8-13(21)22)7-12(20)18-11-6-4-3-5-10(11)14(15,16)17/h3-6,9H,7-8H2,1-2H3,(H,18,20)(H,21,22). The highest BCUT2D eigenvalue weighted by atomic mass is 19.4. The van der Waals surface area contributed by atoms with Gasteiger partial charge in [0.15, 0.2) is 0 Å². The molecule has 5 nitrogen and oxygen atoms in total. The van der Waals surface area contributed by atoms with E-state index >= 15 is 0 Å². The third-order valence-electron chi connectivity index (χ3n) is 2.92. The fourth-order valence-electron chi connectivity index (χ4n) is 1.81. The minimum atomic E-state index is -4.58. The Balaban J connectivity index is 2.83. The zero-order chi connectivity index (χ0) is 16.9. The van der Waals surface area contributed by atoms with Gasteiger partial charge in [-0.25, -0.2) is 0 Å². The smallest absolute Gasteiger partial charge is 0.418 e. The number of para-hydroxylation sites is 1. The Hall–Kier alpha value is -2.09. The van der Waals surface area contributed by atoms with Crippen LogP contribution in [0.15, 0.2) is 24.3 Å². The number of carbonyl (C=O) groups is 2. The van der Waals surface area contributed by atoms with Crippen LogP contribution in [0.1, 0.15) is 19.4 Å². The second kappa shape index (κ2) is 7.26. The zero-order valence-electron chi connectivity index (χ0n) is 12.1. The number of nitrogens with zero attached hydrogens (tertiary/aromatic N) is 1. The molecule has 1 aromatic carbocycles. The molecule has 0 spiro atoms. The van der Waals surface area contributed by atoms with Gasteiger partial charge < -0.3 is 10.4 Å². The molecule has 0 bridgehead atoms. The minimum absolute atomic E-state index is 0.236. The highest BCUT2D eigenvalue weighted by molar-refractivity contribution is 5.93. The average molecular weight is 318 g/mol. The van der Waals surface area contributed by atoms with Gasteiger partial charge in [0.05, 0.1) is 24.3 Å². The summed E-state index contributed by atoms with van der Waals surface area (Å²) < 4.78 is 38.5. The molecule has 0 fully saturated rings. The van der Waals surface area contributed by atoms with Crippen molar-refractivity contribution >= 4 is 17.6 Å². The fourth-order valence-corrected chi connectivity index (χ4v) is 1.81. The summed E-state index contributed by atoms with van der Waals surface area (Å²) >= 11 is 0. The molecule has 0 aromatic heterocycles. The van der Waals surface area contributed by atoms with Crippen molar-refractivity contribution in [2.45, 2.75) is 26.1 Å². The number of benzene rings is 1. The van der Waals surface area contributed by atoms with Gasteiger partial charge in [-0.05, 0) is 26.0 Å². The summed E-state index contributed by atoms with van der Waals surface area (Å²) in [5.41, 5.74) is -1.29. The number of carboxylic acid groups (broad SMARTS) is 1. The van der Waals surface area contributed by atoms with Crippen LogP contribution in [-0.4, -0.2) is 41.0 Å². The molecule has 0 aliphatic carbocycles. The second-order valence-electron chi connectivity index (χ2n) is 4.98. The lowest BCUT2D eigenvalue weighted by Crippen LogP contribution is -2.41. The Morgan fingerprint density at radius 3 is 2.32 bits per heavy atom. The third kappa shape index (κ3) is 5.36. The van der Waals surface area contributed by atoms with Crippen LogP contribution in [0.2, 0.25) is 0 Å². The van der Waals surface area contributed by atoms with E-state index in [1.807, 2.05) is 0 Å². The number of anilines is 1. The zero-order valence-corrected chi connectivity index (χ0v) is 12.1. The average Bonchev–Trinajstić information content (AvgIpc) is 2.36. The number of rotatable bonds is 6. The summed E-state index contributed by atoms with van der Waals surface area (Å²) in [5.74, 6) is -1.82. The molecule has 0 saturated carbocycles. The van der Waals surface area contributed by atoms with E-state index in [0.29, 0.717) is 0 Å².